The number of carbonyl (C=O) groups excluding carboxylic acids is 1. The summed E-state index contributed by atoms with van der Waals surface area (Å²) >= 11 is 1.26. The monoisotopic (exact) mass is 369 g/mol. The van der Waals surface area contributed by atoms with Crippen molar-refractivity contribution in [2.75, 3.05) is 5.32 Å². The molecule has 0 bridgehead atoms. The van der Waals surface area contributed by atoms with E-state index >= 15 is 0 Å². The molecule has 0 saturated carbocycles. The number of rotatable bonds is 5. The molecule has 0 radical (unpaired) electrons. The van der Waals surface area contributed by atoms with Crippen LogP contribution in [0.1, 0.15) is 36.5 Å². The summed E-state index contributed by atoms with van der Waals surface area (Å²) in [5.74, 6) is -0.778. The SMILES string of the molecule is Cc1ccc(C(c2ccccc2)C(C)(C)C(=O)Nc2nncs2)cc1F. The van der Waals surface area contributed by atoms with Crippen LogP contribution in [0.3, 0.4) is 0 Å². The molecule has 1 heterocycles. The average Bonchev–Trinajstić information content (AvgIpc) is 3.12. The number of amides is 1. The number of halogens is 1. The molecule has 0 aliphatic carbocycles. The molecular formula is C20H20FN3OS. The van der Waals surface area contributed by atoms with Gasteiger partial charge in [-0.3, -0.25) is 4.79 Å². The first-order valence-corrected chi connectivity index (χ1v) is 9.16. The largest absolute Gasteiger partial charge is 0.300 e. The van der Waals surface area contributed by atoms with Crippen molar-refractivity contribution in [3.05, 3.63) is 76.5 Å². The molecule has 1 amide bonds. The van der Waals surface area contributed by atoms with Crippen LogP contribution in [0.25, 0.3) is 0 Å². The first-order valence-electron chi connectivity index (χ1n) is 8.28. The lowest BCUT2D eigenvalue weighted by atomic mass is 9.70. The van der Waals surface area contributed by atoms with Crippen LogP contribution in [-0.4, -0.2) is 16.1 Å². The summed E-state index contributed by atoms with van der Waals surface area (Å²) in [4.78, 5) is 13.0. The van der Waals surface area contributed by atoms with Crippen molar-refractivity contribution in [3.8, 4) is 0 Å². The molecule has 1 N–H and O–H groups in total. The molecule has 0 aliphatic heterocycles. The quantitative estimate of drug-likeness (QED) is 0.704. The van der Waals surface area contributed by atoms with Crippen molar-refractivity contribution in [3.63, 3.8) is 0 Å². The summed E-state index contributed by atoms with van der Waals surface area (Å²) in [7, 11) is 0. The minimum atomic E-state index is -0.839. The Morgan fingerprint density at radius 3 is 2.50 bits per heavy atom. The summed E-state index contributed by atoms with van der Waals surface area (Å²) in [6.07, 6.45) is 0. The van der Waals surface area contributed by atoms with E-state index in [4.69, 9.17) is 0 Å². The standard InChI is InChI=1S/C20H20FN3OS/c1-13-9-10-15(11-16(13)21)17(14-7-5-4-6-8-14)20(2,3)18(25)23-19-24-22-12-26-19/h4-12,17H,1-3H3,(H,23,24,25). The Morgan fingerprint density at radius 2 is 1.88 bits per heavy atom. The Hall–Kier alpha value is -2.60. The molecule has 1 unspecified atom stereocenters. The van der Waals surface area contributed by atoms with Crippen LogP contribution in [-0.2, 0) is 4.79 Å². The lowest BCUT2D eigenvalue weighted by Crippen LogP contribution is -2.37. The molecule has 1 aromatic heterocycles. The third-order valence-corrected chi connectivity index (χ3v) is 5.16. The van der Waals surface area contributed by atoms with Gasteiger partial charge in [-0.25, -0.2) is 4.39 Å². The van der Waals surface area contributed by atoms with Crippen molar-refractivity contribution in [2.45, 2.75) is 26.7 Å². The highest BCUT2D eigenvalue weighted by atomic mass is 32.1. The average molecular weight is 369 g/mol. The molecule has 0 aliphatic rings. The van der Waals surface area contributed by atoms with E-state index in [1.165, 1.54) is 17.4 Å². The first-order chi connectivity index (χ1) is 12.4. The fraction of sp³-hybridized carbons (Fsp3) is 0.250. The minimum absolute atomic E-state index is 0.191. The smallest absolute Gasteiger partial charge is 0.232 e. The maximum absolute atomic E-state index is 14.2. The van der Waals surface area contributed by atoms with E-state index in [2.05, 4.69) is 15.5 Å². The van der Waals surface area contributed by atoms with Crippen LogP contribution in [0.4, 0.5) is 9.52 Å². The number of aryl methyl sites for hydroxylation is 1. The predicted molar refractivity (Wildman–Crippen MR) is 102 cm³/mol. The van der Waals surface area contributed by atoms with Gasteiger partial charge in [0.1, 0.15) is 11.3 Å². The van der Waals surface area contributed by atoms with Gasteiger partial charge >= 0.3 is 0 Å². The Kier molecular flexibility index (Phi) is 5.13. The number of benzene rings is 2. The number of aromatic nitrogens is 2. The number of hydrogen-bond donors (Lipinski definition) is 1. The van der Waals surface area contributed by atoms with E-state index < -0.39 is 5.41 Å². The number of hydrogen-bond acceptors (Lipinski definition) is 4. The highest BCUT2D eigenvalue weighted by molar-refractivity contribution is 7.13. The molecule has 0 spiro atoms. The third kappa shape index (κ3) is 3.65. The second kappa shape index (κ2) is 7.33. The van der Waals surface area contributed by atoms with Gasteiger partial charge in [0.25, 0.3) is 0 Å². The minimum Gasteiger partial charge on any atom is -0.300 e. The van der Waals surface area contributed by atoms with Crippen LogP contribution in [0, 0.1) is 18.2 Å². The van der Waals surface area contributed by atoms with Gasteiger partial charge < -0.3 is 5.32 Å². The Balaban J connectivity index is 2.04. The van der Waals surface area contributed by atoms with Crippen molar-refractivity contribution < 1.29 is 9.18 Å². The third-order valence-electron chi connectivity index (χ3n) is 4.55. The van der Waals surface area contributed by atoms with E-state index in [0.717, 1.165) is 11.1 Å². The number of nitrogens with one attached hydrogen (secondary N) is 1. The summed E-state index contributed by atoms with van der Waals surface area (Å²) in [6.45, 7) is 5.45. The summed E-state index contributed by atoms with van der Waals surface area (Å²) in [6, 6.07) is 14.8. The second-order valence-electron chi connectivity index (χ2n) is 6.77. The Morgan fingerprint density at radius 1 is 1.15 bits per heavy atom. The lowest BCUT2D eigenvalue weighted by Gasteiger charge is -2.33. The Bertz CT molecular complexity index is 895. The van der Waals surface area contributed by atoms with Gasteiger partial charge in [0.15, 0.2) is 0 Å². The van der Waals surface area contributed by atoms with Crippen LogP contribution in [0.2, 0.25) is 0 Å². The molecule has 6 heteroatoms. The molecule has 4 nitrogen and oxygen atoms in total. The first kappa shape index (κ1) is 18.2. The summed E-state index contributed by atoms with van der Waals surface area (Å²) in [5, 5.41) is 10.9. The zero-order valence-corrected chi connectivity index (χ0v) is 15.7. The number of nitrogens with zero attached hydrogens (tertiary/aromatic N) is 2. The zero-order chi connectivity index (χ0) is 18.7. The van der Waals surface area contributed by atoms with Crippen LogP contribution in [0.15, 0.2) is 54.0 Å². The van der Waals surface area contributed by atoms with Gasteiger partial charge in [-0.05, 0) is 29.7 Å². The van der Waals surface area contributed by atoms with E-state index in [-0.39, 0.29) is 17.6 Å². The Labute approximate surface area is 156 Å². The van der Waals surface area contributed by atoms with Gasteiger partial charge in [0, 0.05) is 5.92 Å². The molecule has 0 saturated heterocycles. The van der Waals surface area contributed by atoms with Crippen LogP contribution >= 0.6 is 11.3 Å². The topological polar surface area (TPSA) is 54.9 Å². The van der Waals surface area contributed by atoms with Crippen molar-refractivity contribution in [1.29, 1.82) is 0 Å². The maximum Gasteiger partial charge on any atom is 0.232 e. The van der Waals surface area contributed by atoms with Gasteiger partial charge in [0.2, 0.25) is 11.0 Å². The highest BCUT2D eigenvalue weighted by Crippen LogP contribution is 2.42. The van der Waals surface area contributed by atoms with E-state index in [1.54, 1.807) is 18.5 Å². The highest BCUT2D eigenvalue weighted by Gasteiger charge is 2.39. The molecular weight excluding hydrogens is 349 g/mol. The van der Waals surface area contributed by atoms with Gasteiger partial charge in [-0.1, -0.05) is 67.6 Å². The van der Waals surface area contributed by atoms with Gasteiger partial charge in [0.05, 0.1) is 5.41 Å². The zero-order valence-electron chi connectivity index (χ0n) is 14.9. The van der Waals surface area contributed by atoms with Crippen LogP contribution in [0.5, 0.6) is 0 Å². The number of carbonyl (C=O) groups is 1. The van der Waals surface area contributed by atoms with E-state index in [9.17, 15) is 9.18 Å². The molecule has 0 fully saturated rings. The fourth-order valence-electron chi connectivity index (χ4n) is 3.08. The summed E-state index contributed by atoms with van der Waals surface area (Å²) < 4.78 is 14.2. The lowest BCUT2D eigenvalue weighted by molar-refractivity contribution is -0.124. The predicted octanol–water partition coefficient (Wildman–Crippen LogP) is 4.78. The molecule has 3 aromatic rings. The maximum atomic E-state index is 14.2. The van der Waals surface area contributed by atoms with E-state index in [1.807, 2.05) is 50.2 Å². The summed E-state index contributed by atoms with van der Waals surface area (Å²) in [5.41, 5.74) is 3.02. The molecule has 26 heavy (non-hydrogen) atoms. The molecule has 2 aromatic carbocycles. The normalized spacial score (nSPS) is 12.6. The van der Waals surface area contributed by atoms with Gasteiger partial charge in [-0.15, -0.1) is 10.2 Å². The molecule has 134 valence electrons. The van der Waals surface area contributed by atoms with Crippen molar-refractivity contribution in [1.82, 2.24) is 10.2 Å². The van der Waals surface area contributed by atoms with Crippen molar-refractivity contribution in [2.24, 2.45) is 5.41 Å². The number of anilines is 1. The molecule has 3 rings (SSSR count). The second-order valence-corrected chi connectivity index (χ2v) is 7.61. The van der Waals surface area contributed by atoms with Crippen LogP contribution < -0.4 is 5.32 Å². The molecule has 1 atom stereocenters. The van der Waals surface area contributed by atoms with Crippen molar-refractivity contribution >= 4 is 22.4 Å². The van der Waals surface area contributed by atoms with Gasteiger partial charge in [-0.2, -0.15) is 0 Å². The van der Waals surface area contributed by atoms with E-state index in [0.29, 0.717) is 10.7 Å². The fourth-order valence-corrected chi connectivity index (χ4v) is 3.52.